The molecule has 68 valence electrons. The van der Waals surface area contributed by atoms with Gasteiger partial charge in [0.2, 0.25) is 0 Å². The highest BCUT2D eigenvalue weighted by atomic mass is 16.6. The largest absolute Gasteiger partial charge is 0.363 e. The fourth-order valence-corrected chi connectivity index (χ4v) is 1.28. The van der Waals surface area contributed by atoms with Crippen molar-refractivity contribution in [1.82, 2.24) is 10.3 Å². The minimum absolute atomic E-state index is 0.0944. The van der Waals surface area contributed by atoms with Gasteiger partial charge in [-0.05, 0) is 28.9 Å². The van der Waals surface area contributed by atoms with Crippen LogP contribution in [-0.4, -0.2) is 16.5 Å². The molecule has 0 bridgehead atoms. The molecule has 1 atom stereocenters. The monoisotopic (exact) mass is 179 g/mol. The molecule has 5 nitrogen and oxygen atoms in total. The van der Waals surface area contributed by atoms with Gasteiger partial charge in [0.15, 0.2) is 0 Å². The SMILES string of the molecule is O=[N+]([O-])c1ccc(C2CCN2)cn1. The van der Waals surface area contributed by atoms with Gasteiger partial charge in [-0.25, -0.2) is 0 Å². The van der Waals surface area contributed by atoms with E-state index in [0.717, 1.165) is 18.5 Å². The van der Waals surface area contributed by atoms with Crippen LogP contribution in [0, 0.1) is 10.1 Å². The number of nitrogens with one attached hydrogen (secondary N) is 1. The molecular formula is C8H9N3O2. The molecule has 1 unspecified atom stereocenters. The number of pyridine rings is 1. The molecule has 0 aliphatic carbocycles. The molecule has 0 radical (unpaired) electrons. The summed E-state index contributed by atoms with van der Waals surface area (Å²) in [5.74, 6) is -0.0944. The number of aromatic nitrogens is 1. The minimum Gasteiger partial charge on any atom is -0.358 e. The van der Waals surface area contributed by atoms with Crippen molar-refractivity contribution in [3.8, 4) is 0 Å². The van der Waals surface area contributed by atoms with E-state index in [-0.39, 0.29) is 5.82 Å². The van der Waals surface area contributed by atoms with Crippen LogP contribution in [0.25, 0.3) is 0 Å². The maximum Gasteiger partial charge on any atom is 0.363 e. The van der Waals surface area contributed by atoms with Crippen molar-refractivity contribution in [2.45, 2.75) is 12.5 Å². The zero-order valence-electron chi connectivity index (χ0n) is 6.93. The molecule has 5 heteroatoms. The first-order valence-electron chi connectivity index (χ1n) is 4.11. The van der Waals surface area contributed by atoms with Crippen molar-refractivity contribution in [2.24, 2.45) is 0 Å². The lowest BCUT2D eigenvalue weighted by atomic mass is 10.00. The summed E-state index contributed by atoms with van der Waals surface area (Å²) in [6, 6.07) is 3.53. The van der Waals surface area contributed by atoms with E-state index in [1.165, 1.54) is 6.07 Å². The minimum atomic E-state index is -0.488. The lowest BCUT2D eigenvalue weighted by molar-refractivity contribution is -0.389. The second kappa shape index (κ2) is 3.10. The van der Waals surface area contributed by atoms with Crippen LogP contribution in [0.3, 0.4) is 0 Å². The van der Waals surface area contributed by atoms with Crippen molar-refractivity contribution in [1.29, 1.82) is 0 Å². The van der Waals surface area contributed by atoms with Gasteiger partial charge >= 0.3 is 5.82 Å². The summed E-state index contributed by atoms with van der Waals surface area (Å²) in [6.07, 6.45) is 2.65. The Hall–Kier alpha value is -1.49. The maximum atomic E-state index is 10.3. The van der Waals surface area contributed by atoms with Gasteiger partial charge < -0.3 is 15.4 Å². The first-order chi connectivity index (χ1) is 6.27. The van der Waals surface area contributed by atoms with Crippen LogP contribution in [0.5, 0.6) is 0 Å². The summed E-state index contributed by atoms with van der Waals surface area (Å²) in [6.45, 7) is 1.02. The number of hydrogen-bond acceptors (Lipinski definition) is 4. The van der Waals surface area contributed by atoms with Gasteiger partial charge in [0.1, 0.15) is 6.20 Å². The molecule has 0 aromatic carbocycles. The maximum absolute atomic E-state index is 10.3. The van der Waals surface area contributed by atoms with Gasteiger partial charge in [-0.15, -0.1) is 0 Å². The number of rotatable bonds is 2. The molecule has 0 saturated carbocycles. The van der Waals surface area contributed by atoms with Crippen molar-refractivity contribution < 1.29 is 4.92 Å². The van der Waals surface area contributed by atoms with Crippen LogP contribution >= 0.6 is 0 Å². The molecule has 13 heavy (non-hydrogen) atoms. The van der Waals surface area contributed by atoms with Crippen molar-refractivity contribution in [2.75, 3.05) is 6.54 Å². The summed E-state index contributed by atoms with van der Waals surface area (Å²) < 4.78 is 0. The van der Waals surface area contributed by atoms with E-state index < -0.39 is 4.92 Å². The third-order valence-corrected chi connectivity index (χ3v) is 2.18. The quantitative estimate of drug-likeness (QED) is 0.543. The Bertz CT molecular complexity index is 319. The summed E-state index contributed by atoms with van der Waals surface area (Å²) in [5, 5.41) is 13.5. The van der Waals surface area contributed by atoms with Gasteiger partial charge in [-0.3, -0.25) is 0 Å². The van der Waals surface area contributed by atoms with Crippen LogP contribution < -0.4 is 5.32 Å². The lowest BCUT2D eigenvalue weighted by Gasteiger charge is -2.26. The summed E-state index contributed by atoms with van der Waals surface area (Å²) in [4.78, 5) is 13.5. The Morgan fingerprint density at radius 2 is 2.38 bits per heavy atom. The molecule has 1 N–H and O–H groups in total. The molecule has 2 heterocycles. The van der Waals surface area contributed by atoms with Crippen molar-refractivity contribution in [3.05, 3.63) is 34.0 Å². The van der Waals surface area contributed by atoms with Crippen molar-refractivity contribution >= 4 is 5.82 Å². The van der Waals surface area contributed by atoms with E-state index in [1.54, 1.807) is 12.3 Å². The predicted molar refractivity (Wildman–Crippen MR) is 46.3 cm³/mol. The second-order valence-electron chi connectivity index (χ2n) is 3.00. The van der Waals surface area contributed by atoms with Gasteiger partial charge in [0.05, 0.1) is 0 Å². The summed E-state index contributed by atoms with van der Waals surface area (Å²) in [5.41, 5.74) is 1.02. The Morgan fingerprint density at radius 1 is 1.62 bits per heavy atom. The fraction of sp³-hybridized carbons (Fsp3) is 0.375. The van der Waals surface area contributed by atoms with Crippen molar-refractivity contribution in [3.63, 3.8) is 0 Å². The number of nitro groups is 1. The molecule has 1 saturated heterocycles. The van der Waals surface area contributed by atoms with E-state index in [1.807, 2.05) is 0 Å². The Balaban J connectivity index is 2.17. The summed E-state index contributed by atoms with van der Waals surface area (Å²) >= 11 is 0. The Morgan fingerprint density at radius 3 is 2.77 bits per heavy atom. The van der Waals surface area contributed by atoms with E-state index >= 15 is 0 Å². The Kier molecular flexibility index (Phi) is 1.94. The van der Waals surface area contributed by atoms with Crippen LogP contribution in [0.15, 0.2) is 18.3 Å². The second-order valence-corrected chi connectivity index (χ2v) is 3.00. The predicted octanol–water partition coefficient (Wildman–Crippen LogP) is 1.02. The van der Waals surface area contributed by atoms with Gasteiger partial charge in [-0.1, -0.05) is 0 Å². The average Bonchev–Trinajstić information content (AvgIpc) is 2.02. The zero-order valence-corrected chi connectivity index (χ0v) is 6.93. The van der Waals surface area contributed by atoms with Gasteiger partial charge in [-0.2, -0.15) is 0 Å². The number of hydrogen-bond donors (Lipinski definition) is 1. The third kappa shape index (κ3) is 1.50. The molecule has 1 fully saturated rings. The van der Waals surface area contributed by atoms with Crippen LogP contribution in [0.1, 0.15) is 18.0 Å². The smallest absolute Gasteiger partial charge is 0.358 e. The van der Waals surface area contributed by atoms with E-state index in [9.17, 15) is 10.1 Å². The summed E-state index contributed by atoms with van der Waals surface area (Å²) in [7, 11) is 0. The van der Waals surface area contributed by atoms with Crippen LogP contribution in [0.4, 0.5) is 5.82 Å². The van der Waals surface area contributed by atoms with Crippen LogP contribution in [0.2, 0.25) is 0 Å². The molecule has 1 aliphatic rings. The van der Waals surface area contributed by atoms with Gasteiger partial charge in [0, 0.05) is 17.7 Å². The molecule has 1 aromatic rings. The molecular weight excluding hydrogens is 170 g/mol. The molecule has 2 rings (SSSR count). The fourth-order valence-electron chi connectivity index (χ4n) is 1.28. The highest BCUT2D eigenvalue weighted by Gasteiger charge is 2.20. The van der Waals surface area contributed by atoms with E-state index in [4.69, 9.17) is 0 Å². The lowest BCUT2D eigenvalue weighted by Crippen LogP contribution is -2.34. The average molecular weight is 179 g/mol. The Labute approximate surface area is 74.9 Å². The van der Waals surface area contributed by atoms with Gasteiger partial charge in [0.25, 0.3) is 0 Å². The van der Waals surface area contributed by atoms with Crippen LogP contribution in [-0.2, 0) is 0 Å². The van der Waals surface area contributed by atoms with E-state index in [2.05, 4.69) is 10.3 Å². The normalized spacial score (nSPS) is 20.8. The standard InChI is InChI=1S/C8H9N3O2/c12-11(13)8-2-1-6(5-10-8)7-3-4-9-7/h1-2,5,7,9H,3-4H2. The number of nitrogens with zero attached hydrogens (tertiary/aromatic N) is 2. The molecule has 1 aliphatic heterocycles. The third-order valence-electron chi connectivity index (χ3n) is 2.18. The van der Waals surface area contributed by atoms with E-state index in [0.29, 0.717) is 6.04 Å². The highest BCUT2D eigenvalue weighted by Crippen LogP contribution is 2.22. The first-order valence-corrected chi connectivity index (χ1v) is 4.11. The molecule has 0 amide bonds. The molecule has 1 aromatic heterocycles. The first kappa shape index (κ1) is 8.12. The topological polar surface area (TPSA) is 68.1 Å². The highest BCUT2D eigenvalue weighted by molar-refractivity contribution is 5.25. The molecule has 0 spiro atoms. The zero-order chi connectivity index (χ0) is 9.26.